The molecule has 1 aliphatic rings. The van der Waals surface area contributed by atoms with Crippen LogP contribution < -0.4 is 5.32 Å². The van der Waals surface area contributed by atoms with Crippen LogP contribution in [-0.2, 0) is 11.2 Å². The van der Waals surface area contributed by atoms with Crippen LogP contribution in [0.3, 0.4) is 0 Å². The van der Waals surface area contributed by atoms with Gasteiger partial charge in [-0.05, 0) is 49.9 Å². The first kappa shape index (κ1) is 18.6. The van der Waals surface area contributed by atoms with Gasteiger partial charge in [0.05, 0.1) is 13.2 Å². The highest BCUT2D eigenvalue weighted by atomic mass is 19.1. The van der Waals surface area contributed by atoms with Crippen LogP contribution in [0.4, 0.5) is 4.39 Å². The van der Waals surface area contributed by atoms with Gasteiger partial charge in [0.15, 0.2) is 0 Å². The van der Waals surface area contributed by atoms with E-state index in [4.69, 9.17) is 0 Å². The van der Waals surface area contributed by atoms with E-state index in [9.17, 15) is 14.3 Å². The number of rotatable bonds is 8. The number of hydrogen-bond acceptors (Lipinski definition) is 3. The monoisotopic (exact) mass is 334 g/mol. The second-order valence-corrected chi connectivity index (χ2v) is 6.69. The third-order valence-corrected chi connectivity index (χ3v) is 4.67. The molecule has 2 rings (SSSR count). The van der Waals surface area contributed by atoms with Crippen molar-refractivity contribution in [3.8, 4) is 0 Å². The van der Waals surface area contributed by atoms with Crippen molar-refractivity contribution in [3.63, 3.8) is 0 Å². The first-order valence-corrected chi connectivity index (χ1v) is 8.52. The number of carbonyl (C=O) groups excluding carboxylic acids is 1. The predicted octanol–water partition coefficient (Wildman–Crippen LogP) is 2.13. The molecule has 24 heavy (non-hydrogen) atoms. The zero-order valence-corrected chi connectivity index (χ0v) is 14.1. The van der Waals surface area contributed by atoms with Crippen molar-refractivity contribution in [2.24, 2.45) is 5.41 Å². The summed E-state index contributed by atoms with van der Waals surface area (Å²) in [5.74, 6) is -0.260. The van der Waals surface area contributed by atoms with Crippen molar-refractivity contribution >= 4 is 5.91 Å². The van der Waals surface area contributed by atoms with Gasteiger partial charge in [-0.2, -0.15) is 0 Å². The summed E-state index contributed by atoms with van der Waals surface area (Å²) in [6.07, 6.45) is 5.26. The number of aliphatic hydroxyl groups is 1. The number of piperidine rings is 1. The van der Waals surface area contributed by atoms with Gasteiger partial charge in [-0.3, -0.25) is 9.69 Å². The van der Waals surface area contributed by atoms with E-state index in [0.717, 1.165) is 37.9 Å². The number of nitrogens with zero attached hydrogens (tertiary/aromatic N) is 1. The molecule has 2 N–H and O–H groups in total. The fraction of sp³-hybridized carbons (Fsp3) is 0.526. The summed E-state index contributed by atoms with van der Waals surface area (Å²) < 4.78 is 12.8. The van der Waals surface area contributed by atoms with Crippen molar-refractivity contribution < 1.29 is 14.3 Å². The van der Waals surface area contributed by atoms with E-state index in [1.165, 1.54) is 12.1 Å². The maximum absolute atomic E-state index is 12.8. The minimum absolute atomic E-state index is 0.00976. The highest BCUT2D eigenvalue weighted by Gasteiger charge is 2.34. The molecule has 0 aliphatic carbocycles. The van der Waals surface area contributed by atoms with E-state index in [-0.39, 0.29) is 23.7 Å². The third kappa shape index (κ3) is 5.42. The van der Waals surface area contributed by atoms with Gasteiger partial charge in [-0.1, -0.05) is 18.2 Å². The Balaban J connectivity index is 1.75. The summed E-state index contributed by atoms with van der Waals surface area (Å²) in [5, 5.41) is 12.6. The maximum atomic E-state index is 12.8. The van der Waals surface area contributed by atoms with Gasteiger partial charge in [-0.15, -0.1) is 6.58 Å². The van der Waals surface area contributed by atoms with Crippen molar-refractivity contribution in [2.75, 3.05) is 32.8 Å². The first-order chi connectivity index (χ1) is 11.6. The van der Waals surface area contributed by atoms with Crippen LogP contribution in [0.5, 0.6) is 0 Å². The molecule has 1 heterocycles. The Morgan fingerprint density at radius 3 is 2.83 bits per heavy atom. The fourth-order valence-electron chi connectivity index (χ4n) is 3.37. The number of hydrogen-bond donors (Lipinski definition) is 2. The zero-order valence-electron chi connectivity index (χ0n) is 14.1. The average Bonchev–Trinajstić information content (AvgIpc) is 2.57. The third-order valence-electron chi connectivity index (χ3n) is 4.67. The lowest BCUT2D eigenvalue weighted by Crippen LogP contribution is -2.48. The van der Waals surface area contributed by atoms with E-state index in [0.29, 0.717) is 19.5 Å². The van der Waals surface area contributed by atoms with Gasteiger partial charge in [0.25, 0.3) is 0 Å². The van der Waals surface area contributed by atoms with Crippen molar-refractivity contribution in [1.29, 1.82) is 0 Å². The Kier molecular flexibility index (Phi) is 6.94. The van der Waals surface area contributed by atoms with E-state index < -0.39 is 0 Å². The summed E-state index contributed by atoms with van der Waals surface area (Å²) in [7, 11) is 0. The van der Waals surface area contributed by atoms with Crippen molar-refractivity contribution in [2.45, 2.75) is 25.7 Å². The number of aliphatic hydroxyl groups excluding tert-OH is 1. The number of allylic oxidation sites excluding steroid dienone is 1. The molecule has 1 saturated heterocycles. The van der Waals surface area contributed by atoms with Crippen LogP contribution in [-0.4, -0.2) is 48.7 Å². The summed E-state index contributed by atoms with van der Waals surface area (Å²) in [4.78, 5) is 14.2. The number of halogens is 1. The van der Waals surface area contributed by atoms with Gasteiger partial charge < -0.3 is 10.4 Å². The maximum Gasteiger partial charge on any atom is 0.234 e. The minimum atomic E-state index is -0.250. The molecule has 0 bridgehead atoms. The lowest BCUT2D eigenvalue weighted by atomic mass is 9.78. The van der Waals surface area contributed by atoms with E-state index >= 15 is 0 Å². The Hall–Kier alpha value is -1.72. The molecule has 1 aromatic rings. The molecule has 1 aliphatic heterocycles. The molecule has 1 amide bonds. The lowest BCUT2D eigenvalue weighted by Gasteiger charge is -2.41. The number of amides is 1. The predicted molar refractivity (Wildman–Crippen MR) is 93.1 cm³/mol. The smallest absolute Gasteiger partial charge is 0.234 e. The quantitative estimate of drug-likeness (QED) is 0.716. The topological polar surface area (TPSA) is 52.6 Å². The van der Waals surface area contributed by atoms with Gasteiger partial charge in [0.1, 0.15) is 5.82 Å². The van der Waals surface area contributed by atoms with Crippen LogP contribution in [0.2, 0.25) is 0 Å². The van der Waals surface area contributed by atoms with Gasteiger partial charge in [-0.25, -0.2) is 4.39 Å². The molecule has 1 fully saturated rings. The Morgan fingerprint density at radius 1 is 1.42 bits per heavy atom. The molecule has 4 nitrogen and oxygen atoms in total. The van der Waals surface area contributed by atoms with Crippen LogP contribution >= 0.6 is 0 Å². The number of carbonyl (C=O) groups is 1. The number of benzene rings is 1. The molecule has 0 radical (unpaired) electrons. The molecule has 1 aromatic carbocycles. The standard InChI is InChI=1S/C19H27FN2O2/c1-2-9-19(15-23)10-3-12-22(14-19)13-18(24)21-11-8-16-4-6-17(20)7-5-16/h2,4-7,23H,1,3,8-15H2,(H,21,24). The second kappa shape index (κ2) is 8.94. The summed E-state index contributed by atoms with van der Waals surface area (Å²) >= 11 is 0. The van der Waals surface area contributed by atoms with Crippen LogP contribution in [0, 0.1) is 11.2 Å². The molecule has 0 spiro atoms. The summed E-state index contributed by atoms with van der Waals surface area (Å²) in [5.41, 5.74) is 0.842. The van der Waals surface area contributed by atoms with Crippen molar-refractivity contribution in [3.05, 3.63) is 48.3 Å². The van der Waals surface area contributed by atoms with E-state index in [2.05, 4.69) is 16.8 Å². The average molecular weight is 334 g/mol. The second-order valence-electron chi connectivity index (χ2n) is 6.69. The molecular weight excluding hydrogens is 307 g/mol. The molecule has 0 saturated carbocycles. The van der Waals surface area contributed by atoms with Crippen LogP contribution in [0.15, 0.2) is 36.9 Å². The molecule has 1 unspecified atom stereocenters. The lowest BCUT2D eigenvalue weighted by molar-refractivity contribution is -0.123. The first-order valence-electron chi connectivity index (χ1n) is 8.52. The summed E-state index contributed by atoms with van der Waals surface area (Å²) in [6, 6.07) is 6.33. The number of likely N-dealkylation sites (tertiary alicyclic amines) is 1. The molecule has 1 atom stereocenters. The normalized spacial score (nSPS) is 21.4. The minimum Gasteiger partial charge on any atom is -0.396 e. The molecular formula is C19H27FN2O2. The van der Waals surface area contributed by atoms with Crippen molar-refractivity contribution in [1.82, 2.24) is 10.2 Å². The highest BCUT2D eigenvalue weighted by molar-refractivity contribution is 5.78. The number of nitrogens with one attached hydrogen (secondary N) is 1. The Bertz CT molecular complexity index is 547. The highest BCUT2D eigenvalue weighted by Crippen LogP contribution is 2.33. The molecule has 132 valence electrons. The van der Waals surface area contributed by atoms with Gasteiger partial charge >= 0.3 is 0 Å². The van der Waals surface area contributed by atoms with Gasteiger partial charge in [0.2, 0.25) is 5.91 Å². The Morgan fingerprint density at radius 2 is 2.17 bits per heavy atom. The largest absolute Gasteiger partial charge is 0.396 e. The molecule has 0 aromatic heterocycles. The van der Waals surface area contributed by atoms with Gasteiger partial charge in [0, 0.05) is 18.5 Å². The molecule has 5 heteroatoms. The Labute approximate surface area is 143 Å². The van der Waals surface area contributed by atoms with Crippen LogP contribution in [0.1, 0.15) is 24.8 Å². The van der Waals surface area contributed by atoms with E-state index in [1.54, 1.807) is 12.1 Å². The SMILES string of the molecule is C=CCC1(CO)CCCN(CC(=O)NCCc2ccc(F)cc2)C1. The summed E-state index contributed by atoms with van der Waals surface area (Å²) in [6.45, 7) is 6.39. The van der Waals surface area contributed by atoms with E-state index in [1.807, 2.05) is 6.08 Å². The zero-order chi connectivity index (χ0) is 17.4. The van der Waals surface area contributed by atoms with Crippen LogP contribution in [0.25, 0.3) is 0 Å². The fourth-order valence-corrected chi connectivity index (χ4v) is 3.37.